The molecule has 4 nitrogen and oxygen atoms in total. The molecule has 0 saturated carbocycles. The van der Waals surface area contributed by atoms with Crippen LogP contribution in [0.25, 0.3) is 0 Å². The van der Waals surface area contributed by atoms with Crippen molar-refractivity contribution in [1.29, 1.82) is 0 Å². The Morgan fingerprint density at radius 1 is 1.43 bits per heavy atom. The van der Waals surface area contributed by atoms with Crippen molar-refractivity contribution < 1.29 is 9.53 Å². The van der Waals surface area contributed by atoms with Crippen LogP contribution in [0.3, 0.4) is 0 Å². The summed E-state index contributed by atoms with van der Waals surface area (Å²) in [6.45, 7) is 5.31. The number of rotatable bonds is 9. The van der Waals surface area contributed by atoms with Gasteiger partial charge in [-0.2, -0.15) is 0 Å². The SMILES string of the molecule is CCCCOc1cccc(CNC(=O)CCC(C)N)c1.Cl. The molecule has 0 radical (unpaired) electrons. The first-order valence-electron chi connectivity index (χ1n) is 7.35. The van der Waals surface area contributed by atoms with Gasteiger partial charge in [0.1, 0.15) is 5.75 Å². The zero-order chi connectivity index (χ0) is 14.8. The van der Waals surface area contributed by atoms with Gasteiger partial charge >= 0.3 is 0 Å². The first kappa shape index (κ1) is 19.7. The van der Waals surface area contributed by atoms with Crippen LogP contribution in [0, 0.1) is 0 Å². The van der Waals surface area contributed by atoms with E-state index in [0.29, 0.717) is 19.4 Å². The summed E-state index contributed by atoms with van der Waals surface area (Å²) < 4.78 is 5.64. The predicted octanol–water partition coefficient (Wildman–Crippen LogP) is 3.03. The molecule has 3 N–H and O–H groups in total. The van der Waals surface area contributed by atoms with E-state index in [0.717, 1.165) is 30.8 Å². The summed E-state index contributed by atoms with van der Waals surface area (Å²) >= 11 is 0. The van der Waals surface area contributed by atoms with Gasteiger partial charge in [0, 0.05) is 19.0 Å². The van der Waals surface area contributed by atoms with E-state index < -0.39 is 0 Å². The van der Waals surface area contributed by atoms with Gasteiger partial charge in [0.05, 0.1) is 6.61 Å². The molecule has 0 saturated heterocycles. The van der Waals surface area contributed by atoms with E-state index in [1.807, 2.05) is 31.2 Å². The Morgan fingerprint density at radius 3 is 2.86 bits per heavy atom. The number of nitrogens with two attached hydrogens (primary N) is 1. The molecule has 0 heterocycles. The number of carbonyl (C=O) groups is 1. The van der Waals surface area contributed by atoms with Crippen molar-refractivity contribution in [2.45, 2.75) is 52.1 Å². The molecule has 0 aliphatic rings. The second-order valence-corrected chi connectivity index (χ2v) is 5.14. The maximum Gasteiger partial charge on any atom is 0.220 e. The van der Waals surface area contributed by atoms with Gasteiger partial charge < -0.3 is 15.8 Å². The first-order chi connectivity index (χ1) is 9.61. The van der Waals surface area contributed by atoms with Crippen LogP contribution in [0.4, 0.5) is 0 Å². The smallest absolute Gasteiger partial charge is 0.220 e. The van der Waals surface area contributed by atoms with E-state index in [9.17, 15) is 4.79 Å². The highest BCUT2D eigenvalue weighted by Crippen LogP contribution is 2.13. The van der Waals surface area contributed by atoms with Crippen molar-refractivity contribution in [2.24, 2.45) is 5.73 Å². The van der Waals surface area contributed by atoms with Crippen LogP contribution in [0.15, 0.2) is 24.3 Å². The third kappa shape index (κ3) is 9.32. The third-order valence-electron chi connectivity index (χ3n) is 2.98. The lowest BCUT2D eigenvalue weighted by Gasteiger charge is -2.09. The van der Waals surface area contributed by atoms with Crippen LogP contribution in [-0.2, 0) is 11.3 Å². The van der Waals surface area contributed by atoms with Crippen molar-refractivity contribution in [2.75, 3.05) is 6.61 Å². The van der Waals surface area contributed by atoms with Gasteiger partial charge in [0.25, 0.3) is 0 Å². The minimum atomic E-state index is 0. The lowest BCUT2D eigenvalue weighted by molar-refractivity contribution is -0.121. The molecule has 1 atom stereocenters. The summed E-state index contributed by atoms with van der Waals surface area (Å²) in [6.07, 6.45) is 3.36. The average molecular weight is 315 g/mol. The Bertz CT molecular complexity index is 411. The van der Waals surface area contributed by atoms with E-state index in [2.05, 4.69) is 12.2 Å². The maximum absolute atomic E-state index is 11.6. The Morgan fingerprint density at radius 2 is 2.19 bits per heavy atom. The fourth-order valence-corrected chi connectivity index (χ4v) is 1.73. The first-order valence-corrected chi connectivity index (χ1v) is 7.35. The van der Waals surface area contributed by atoms with Crippen molar-refractivity contribution in [3.63, 3.8) is 0 Å². The maximum atomic E-state index is 11.6. The summed E-state index contributed by atoms with van der Waals surface area (Å²) in [5, 5.41) is 2.90. The monoisotopic (exact) mass is 314 g/mol. The second-order valence-electron chi connectivity index (χ2n) is 5.14. The van der Waals surface area contributed by atoms with Crippen LogP contribution in [0.5, 0.6) is 5.75 Å². The second kappa shape index (κ2) is 11.4. The fourth-order valence-electron chi connectivity index (χ4n) is 1.73. The topological polar surface area (TPSA) is 64.3 Å². The van der Waals surface area contributed by atoms with E-state index in [4.69, 9.17) is 10.5 Å². The summed E-state index contributed by atoms with van der Waals surface area (Å²) in [6, 6.07) is 7.91. The molecule has 0 spiro atoms. The molecule has 1 unspecified atom stereocenters. The number of halogens is 1. The number of benzene rings is 1. The number of nitrogens with one attached hydrogen (secondary N) is 1. The zero-order valence-electron chi connectivity index (χ0n) is 12.9. The molecule has 1 aromatic carbocycles. The number of amides is 1. The lowest BCUT2D eigenvalue weighted by atomic mass is 10.2. The number of hydrogen-bond acceptors (Lipinski definition) is 3. The summed E-state index contributed by atoms with van der Waals surface area (Å²) in [5.41, 5.74) is 6.68. The number of carbonyl (C=O) groups excluding carboxylic acids is 1. The normalized spacial score (nSPS) is 11.4. The highest BCUT2D eigenvalue weighted by Gasteiger charge is 2.04. The molecular formula is C16H27ClN2O2. The molecule has 120 valence electrons. The van der Waals surface area contributed by atoms with Gasteiger partial charge in [-0.05, 0) is 37.5 Å². The van der Waals surface area contributed by atoms with Gasteiger partial charge in [0.2, 0.25) is 5.91 Å². The van der Waals surface area contributed by atoms with E-state index in [-0.39, 0.29) is 24.4 Å². The lowest BCUT2D eigenvalue weighted by Crippen LogP contribution is -2.25. The van der Waals surface area contributed by atoms with Gasteiger partial charge in [-0.25, -0.2) is 0 Å². The quantitative estimate of drug-likeness (QED) is 0.689. The molecule has 1 aromatic rings. The molecule has 0 fully saturated rings. The molecule has 0 aromatic heterocycles. The molecule has 1 rings (SSSR count). The number of unbranched alkanes of at least 4 members (excludes halogenated alkanes) is 1. The van der Waals surface area contributed by atoms with E-state index in [1.54, 1.807) is 0 Å². The van der Waals surface area contributed by atoms with Gasteiger partial charge in [-0.15, -0.1) is 12.4 Å². The highest BCUT2D eigenvalue weighted by molar-refractivity contribution is 5.85. The average Bonchev–Trinajstić information content (AvgIpc) is 2.43. The largest absolute Gasteiger partial charge is 0.494 e. The van der Waals surface area contributed by atoms with Crippen molar-refractivity contribution in [1.82, 2.24) is 5.32 Å². The summed E-state index contributed by atoms with van der Waals surface area (Å²) in [4.78, 5) is 11.6. The summed E-state index contributed by atoms with van der Waals surface area (Å²) in [5.74, 6) is 0.903. The van der Waals surface area contributed by atoms with Crippen LogP contribution < -0.4 is 15.8 Å². The van der Waals surface area contributed by atoms with Crippen LogP contribution in [0.2, 0.25) is 0 Å². The van der Waals surface area contributed by atoms with Crippen LogP contribution in [-0.4, -0.2) is 18.6 Å². The molecule has 1 amide bonds. The minimum Gasteiger partial charge on any atom is -0.494 e. The summed E-state index contributed by atoms with van der Waals surface area (Å²) in [7, 11) is 0. The molecule has 0 bridgehead atoms. The van der Waals surface area contributed by atoms with E-state index in [1.165, 1.54) is 0 Å². The van der Waals surface area contributed by atoms with Crippen molar-refractivity contribution >= 4 is 18.3 Å². The molecular weight excluding hydrogens is 288 g/mol. The molecule has 21 heavy (non-hydrogen) atoms. The highest BCUT2D eigenvalue weighted by atomic mass is 35.5. The van der Waals surface area contributed by atoms with Crippen molar-refractivity contribution in [3.8, 4) is 5.75 Å². The minimum absolute atomic E-state index is 0. The molecule has 5 heteroatoms. The Hall–Kier alpha value is -1.26. The van der Waals surface area contributed by atoms with Gasteiger partial charge in [-0.1, -0.05) is 25.5 Å². The van der Waals surface area contributed by atoms with Crippen LogP contribution >= 0.6 is 12.4 Å². The number of hydrogen-bond donors (Lipinski definition) is 2. The molecule has 0 aliphatic heterocycles. The third-order valence-corrected chi connectivity index (χ3v) is 2.98. The van der Waals surface area contributed by atoms with E-state index >= 15 is 0 Å². The van der Waals surface area contributed by atoms with Gasteiger partial charge in [-0.3, -0.25) is 4.79 Å². The Kier molecular flexibility index (Phi) is 10.7. The van der Waals surface area contributed by atoms with Gasteiger partial charge in [0.15, 0.2) is 0 Å². The van der Waals surface area contributed by atoms with Crippen molar-refractivity contribution in [3.05, 3.63) is 29.8 Å². The molecule has 0 aliphatic carbocycles. The standard InChI is InChI=1S/C16H26N2O2.ClH/c1-3-4-10-20-15-7-5-6-14(11-15)12-18-16(19)9-8-13(2)17;/h5-7,11,13H,3-4,8-10,12,17H2,1-2H3,(H,18,19);1H. The predicted molar refractivity (Wildman–Crippen MR) is 88.8 cm³/mol. The Labute approximate surface area is 133 Å². The zero-order valence-corrected chi connectivity index (χ0v) is 13.7. The van der Waals surface area contributed by atoms with Crippen LogP contribution in [0.1, 0.15) is 45.1 Å². The number of ether oxygens (including phenoxy) is 1. The fraction of sp³-hybridized carbons (Fsp3) is 0.562. The Balaban J connectivity index is 0.00000400.